The Morgan fingerprint density at radius 3 is 2.68 bits per heavy atom. The molecule has 0 unspecified atom stereocenters. The Kier molecular flexibility index (Phi) is 4.08. The molecule has 0 aliphatic rings. The highest BCUT2D eigenvalue weighted by molar-refractivity contribution is 6.30. The van der Waals surface area contributed by atoms with Crippen LogP contribution in [0.4, 0.5) is 5.69 Å². The van der Waals surface area contributed by atoms with E-state index in [1.54, 1.807) is 24.7 Å². The van der Waals surface area contributed by atoms with Crippen molar-refractivity contribution >= 4 is 17.3 Å². The maximum Gasteiger partial charge on any atom is 0.101 e. The molecule has 0 spiro atoms. The summed E-state index contributed by atoms with van der Waals surface area (Å²) in [6, 6.07) is 15.6. The maximum atomic E-state index is 9.12. The van der Waals surface area contributed by atoms with E-state index in [0.717, 1.165) is 16.9 Å². The molecule has 5 heteroatoms. The average Bonchev–Trinajstić information content (AvgIpc) is 3.08. The van der Waals surface area contributed by atoms with Crippen molar-refractivity contribution in [3.05, 3.63) is 77.3 Å². The second kappa shape index (κ2) is 6.33. The average molecular weight is 309 g/mol. The molecule has 0 saturated heterocycles. The van der Waals surface area contributed by atoms with Gasteiger partial charge < -0.3 is 9.88 Å². The van der Waals surface area contributed by atoms with Crippen molar-refractivity contribution in [3.63, 3.8) is 0 Å². The van der Waals surface area contributed by atoms with E-state index in [2.05, 4.69) is 16.4 Å². The van der Waals surface area contributed by atoms with Gasteiger partial charge in [0, 0.05) is 29.6 Å². The largest absolute Gasteiger partial charge is 0.380 e. The number of anilines is 1. The molecule has 3 aromatic rings. The quantitative estimate of drug-likeness (QED) is 0.792. The molecule has 2 aromatic carbocycles. The zero-order chi connectivity index (χ0) is 15.4. The van der Waals surface area contributed by atoms with Gasteiger partial charge in [0.25, 0.3) is 0 Å². The van der Waals surface area contributed by atoms with Gasteiger partial charge in [-0.2, -0.15) is 5.26 Å². The van der Waals surface area contributed by atoms with Crippen LogP contribution in [0.25, 0.3) is 5.69 Å². The third kappa shape index (κ3) is 3.11. The molecule has 0 saturated carbocycles. The van der Waals surface area contributed by atoms with E-state index < -0.39 is 0 Å². The van der Waals surface area contributed by atoms with Crippen molar-refractivity contribution in [2.45, 2.75) is 6.54 Å². The SMILES string of the molecule is N#Cc1cc(Cl)ccc1NCc1ccc(-n2ccnc2)cc1. The molecular weight excluding hydrogens is 296 g/mol. The topological polar surface area (TPSA) is 53.6 Å². The highest BCUT2D eigenvalue weighted by Crippen LogP contribution is 2.20. The van der Waals surface area contributed by atoms with Gasteiger partial charge in [0.1, 0.15) is 6.07 Å². The molecule has 1 aromatic heterocycles. The van der Waals surface area contributed by atoms with Crippen molar-refractivity contribution in [3.8, 4) is 11.8 Å². The van der Waals surface area contributed by atoms with Crippen molar-refractivity contribution in [2.24, 2.45) is 0 Å². The Labute approximate surface area is 133 Å². The summed E-state index contributed by atoms with van der Waals surface area (Å²) in [4.78, 5) is 4.03. The molecule has 1 N–H and O–H groups in total. The Morgan fingerprint density at radius 1 is 1.18 bits per heavy atom. The zero-order valence-corrected chi connectivity index (χ0v) is 12.5. The van der Waals surface area contributed by atoms with E-state index in [9.17, 15) is 0 Å². The van der Waals surface area contributed by atoms with Crippen LogP contribution < -0.4 is 5.32 Å². The van der Waals surface area contributed by atoms with E-state index in [0.29, 0.717) is 17.1 Å². The van der Waals surface area contributed by atoms with Gasteiger partial charge in [0.15, 0.2) is 0 Å². The predicted molar refractivity (Wildman–Crippen MR) is 87.1 cm³/mol. The Balaban J connectivity index is 1.71. The van der Waals surface area contributed by atoms with E-state index in [-0.39, 0.29) is 0 Å². The minimum atomic E-state index is 0.544. The highest BCUT2D eigenvalue weighted by atomic mass is 35.5. The van der Waals surface area contributed by atoms with Gasteiger partial charge in [0.05, 0.1) is 17.6 Å². The highest BCUT2D eigenvalue weighted by Gasteiger charge is 2.03. The maximum absolute atomic E-state index is 9.12. The zero-order valence-electron chi connectivity index (χ0n) is 11.7. The molecule has 3 rings (SSSR count). The fraction of sp³-hybridized carbons (Fsp3) is 0.0588. The number of nitrogens with zero attached hydrogens (tertiary/aromatic N) is 3. The molecule has 1 heterocycles. The van der Waals surface area contributed by atoms with Gasteiger partial charge in [-0.25, -0.2) is 4.98 Å². The predicted octanol–water partition coefficient (Wildman–Crippen LogP) is 4.01. The number of rotatable bonds is 4. The van der Waals surface area contributed by atoms with Crippen LogP contribution in [-0.4, -0.2) is 9.55 Å². The lowest BCUT2D eigenvalue weighted by atomic mass is 10.1. The van der Waals surface area contributed by atoms with Crippen LogP contribution in [-0.2, 0) is 6.54 Å². The van der Waals surface area contributed by atoms with Gasteiger partial charge >= 0.3 is 0 Å². The standard InChI is InChI=1S/C17H13ClN4/c18-15-3-6-17(14(9-15)10-19)21-11-13-1-4-16(5-2-13)22-8-7-20-12-22/h1-9,12,21H,11H2. The van der Waals surface area contributed by atoms with E-state index >= 15 is 0 Å². The van der Waals surface area contributed by atoms with Crippen molar-refractivity contribution in [2.75, 3.05) is 5.32 Å². The summed E-state index contributed by atoms with van der Waals surface area (Å²) in [6.45, 7) is 0.639. The summed E-state index contributed by atoms with van der Waals surface area (Å²) in [6.07, 6.45) is 5.42. The number of nitriles is 1. The Morgan fingerprint density at radius 2 is 2.00 bits per heavy atom. The molecule has 0 atom stereocenters. The minimum Gasteiger partial charge on any atom is -0.380 e. The van der Waals surface area contributed by atoms with Crippen LogP contribution in [0.3, 0.4) is 0 Å². The van der Waals surface area contributed by atoms with Gasteiger partial charge in [-0.05, 0) is 35.9 Å². The summed E-state index contributed by atoms with van der Waals surface area (Å²) >= 11 is 5.89. The number of benzene rings is 2. The molecule has 0 radical (unpaired) electrons. The summed E-state index contributed by atoms with van der Waals surface area (Å²) < 4.78 is 1.95. The van der Waals surface area contributed by atoms with Gasteiger partial charge in [-0.1, -0.05) is 23.7 Å². The summed E-state index contributed by atoms with van der Waals surface area (Å²) in [5.41, 5.74) is 3.52. The first-order chi connectivity index (χ1) is 10.8. The van der Waals surface area contributed by atoms with Crippen LogP contribution in [0.15, 0.2) is 61.2 Å². The van der Waals surface area contributed by atoms with Crippen LogP contribution >= 0.6 is 11.6 Å². The number of imidazole rings is 1. The molecular formula is C17H13ClN4. The third-order valence-corrected chi connectivity index (χ3v) is 3.56. The lowest BCUT2D eigenvalue weighted by Gasteiger charge is -2.09. The van der Waals surface area contributed by atoms with Gasteiger partial charge in [0.2, 0.25) is 0 Å². The van der Waals surface area contributed by atoms with Crippen molar-refractivity contribution < 1.29 is 0 Å². The van der Waals surface area contributed by atoms with Gasteiger partial charge in [-0.3, -0.25) is 0 Å². The molecule has 4 nitrogen and oxygen atoms in total. The number of hydrogen-bond donors (Lipinski definition) is 1. The molecule has 108 valence electrons. The lowest BCUT2D eigenvalue weighted by molar-refractivity contribution is 1.05. The van der Waals surface area contributed by atoms with Crippen molar-refractivity contribution in [1.82, 2.24) is 9.55 Å². The Bertz CT molecular complexity index is 802. The molecule has 0 aliphatic carbocycles. The first kappa shape index (κ1) is 14.2. The van der Waals surface area contributed by atoms with E-state index in [1.165, 1.54) is 0 Å². The molecule has 22 heavy (non-hydrogen) atoms. The van der Waals surface area contributed by atoms with Crippen LogP contribution in [0, 0.1) is 11.3 Å². The Hall–Kier alpha value is -2.77. The number of nitrogens with one attached hydrogen (secondary N) is 1. The second-order valence-corrected chi connectivity index (χ2v) is 5.23. The normalized spacial score (nSPS) is 10.2. The fourth-order valence-electron chi connectivity index (χ4n) is 2.16. The molecule has 0 fully saturated rings. The first-order valence-corrected chi connectivity index (χ1v) is 7.15. The third-order valence-electron chi connectivity index (χ3n) is 3.32. The first-order valence-electron chi connectivity index (χ1n) is 6.77. The van der Waals surface area contributed by atoms with Crippen molar-refractivity contribution in [1.29, 1.82) is 5.26 Å². The lowest BCUT2D eigenvalue weighted by Crippen LogP contribution is -2.01. The smallest absolute Gasteiger partial charge is 0.101 e. The van der Waals surface area contributed by atoms with Crippen LogP contribution in [0.1, 0.15) is 11.1 Å². The summed E-state index contributed by atoms with van der Waals surface area (Å²) in [5.74, 6) is 0. The van der Waals surface area contributed by atoms with E-state index in [1.807, 2.05) is 41.1 Å². The molecule has 0 bridgehead atoms. The number of aromatic nitrogens is 2. The van der Waals surface area contributed by atoms with Crippen LogP contribution in [0.2, 0.25) is 5.02 Å². The monoisotopic (exact) mass is 308 g/mol. The van der Waals surface area contributed by atoms with E-state index in [4.69, 9.17) is 16.9 Å². The number of halogens is 1. The second-order valence-electron chi connectivity index (χ2n) is 4.79. The summed E-state index contributed by atoms with van der Waals surface area (Å²) in [7, 11) is 0. The number of hydrogen-bond acceptors (Lipinski definition) is 3. The molecule has 0 aliphatic heterocycles. The molecule has 0 amide bonds. The summed E-state index contributed by atoms with van der Waals surface area (Å²) in [5, 5.41) is 12.9. The minimum absolute atomic E-state index is 0.544. The van der Waals surface area contributed by atoms with Crippen LogP contribution in [0.5, 0.6) is 0 Å². The van der Waals surface area contributed by atoms with Gasteiger partial charge in [-0.15, -0.1) is 0 Å². The fourth-order valence-corrected chi connectivity index (χ4v) is 2.33.